The molecule has 4 rings (SSSR count). The van der Waals surface area contributed by atoms with E-state index in [1.807, 2.05) is 36.4 Å². The number of benzene rings is 3. The Morgan fingerprint density at radius 1 is 0.971 bits per heavy atom. The number of carbonyl (C=O) groups excluding carboxylic acids is 2. The number of carboxylic acids is 1. The van der Waals surface area contributed by atoms with E-state index in [0.29, 0.717) is 10.2 Å². The normalized spacial score (nSPS) is 13.0. The highest BCUT2D eigenvalue weighted by atomic mass is 79.9. The monoisotopic (exact) mass is 536 g/mol. The lowest BCUT2D eigenvalue weighted by molar-refractivity contribution is -0.119. The highest BCUT2D eigenvalue weighted by Crippen LogP contribution is 2.44. The van der Waals surface area contributed by atoms with Crippen LogP contribution in [0.3, 0.4) is 0 Å². The first-order valence-corrected chi connectivity index (χ1v) is 12.0. The van der Waals surface area contributed by atoms with Crippen LogP contribution >= 0.6 is 15.9 Å². The number of amides is 2. The van der Waals surface area contributed by atoms with E-state index in [1.54, 1.807) is 19.9 Å². The number of carboxylic acid groups (broad SMARTS) is 1. The molecule has 0 bridgehead atoms. The third kappa shape index (κ3) is 5.22. The molecule has 1 unspecified atom stereocenters. The van der Waals surface area contributed by atoms with Gasteiger partial charge in [0.05, 0.1) is 11.3 Å². The number of fused-ring (bicyclic) bond motifs is 3. The first kappa shape index (κ1) is 24.5. The van der Waals surface area contributed by atoms with Gasteiger partial charge in [0.25, 0.3) is 0 Å². The molecule has 7 nitrogen and oxygen atoms in total. The van der Waals surface area contributed by atoms with Gasteiger partial charge < -0.3 is 20.5 Å². The Morgan fingerprint density at radius 2 is 1.57 bits per heavy atom. The first-order chi connectivity index (χ1) is 16.8. The molecule has 180 valence electrons. The molecule has 3 N–H and O–H groups in total. The molecular formula is C27H25BrN2O5. The van der Waals surface area contributed by atoms with Crippen molar-refractivity contribution < 1.29 is 24.2 Å². The number of rotatable bonds is 7. The smallest absolute Gasteiger partial charge is 0.407 e. The van der Waals surface area contributed by atoms with Crippen LogP contribution in [0, 0.1) is 5.92 Å². The van der Waals surface area contributed by atoms with Crippen molar-refractivity contribution >= 4 is 39.6 Å². The molecule has 0 fully saturated rings. The summed E-state index contributed by atoms with van der Waals surface area (Å²) in [5, 5.41) is 14.6. The summed E-state index contributed by atoms with van der Waals surface area (Å²) in [7, 11) is 0. The molecule has 0 saturated carbocycles. The van der Waals surface area contributed by atoms with Crippen molar-refractivity contribution in [2.75, 3.05) is 11.9 Å². The van der Waals surface area contributed by atoms with Gasteiger partial charge >= 0.3 is 12.1 Å². The number of hydrogen-bond acceptors (Lipinski definition) is 4. The average Bonchev–Trinajstić information content (AvgIpc) is 3.16. The predicted octanol–water partition coefficient (Wildman–Crippen LogP) is 5.65. The van der Waals surface area contributed by atoms with Crippen LogP contribution in [0.1, 0.15) is 41.3 Å². The zero-order valence-electron chi connectivity index (χ0n) is 19.2. The van der Waals surface area contributed by atoms with Gasteiger partial charge in [0.15, 0.2) is 0 Å². The second-order valence-electron chi connectivity index (χ2n) is 8.68. The second-order valence-corrected chi connectivity index (χ2v) is 9.53. The summed E-state index contributed by atoms with van der Waals surface area (Å²) in [5.41, 5.74) is 4.80. The number of carbonyl (C=O) groups is 3. The van der Waals surface area contributed by atoms with Crippen molar-refractivity contribution in [1.82, 2.24) is 5.32 Å². The van der Waals surface area contributed by atoms with Crippen LogP contribution < -0.4 is 10.6 Å². The SMILES string of the molecule is CC(C)C(NC(=O)OCC1c2ccccc2-c2ccccc21)C(=O)Nc1cc(C(=O)O)ccc1Br. The van der Waals surface area contributed by atoms with Crippen molar-refractivity contribution in [3.8, 4) is 11.1 Å². The molecule has 1 aliphatic rings. The standard InChI is InChI=1S/C27H25BrN2O5/c1-15(2)24(25(31)29-23-13-16(26(32)33)11-12-22(23)28)30-27(34)35-14-21-19-9-5-3-7-17(19)18-8-4-6-10-20(18)21/h3-13,15,21,24H,14H2,1-2H3,(H,29,31)(H,30,34)(H,32,33). The zero-order chi connectivity index (χ0) is 25.1. The number of aromatic carboxylic acids is 1. The number of ether oxygens (including phenoxy) is 1. The molecule has 1 aliphatic carbocycles. The van der Waals surface area contributed by atoms with Crippen molar-refractivity contribution in [2.45, 2.75) is 25.8 Å². The number of hydrogen-bond donors (Lipinski definition) is 3. The fourth-order valence-electron chi connectivity index (χ4n) is 4.27. The fraction of sp³-hybridized carbons (Fsp3) is 0.222. The Labute approximate surface area is 211 Å². The highest BCUT2D eigenvalue weighted by molar-refractivity contribution is 9.10. The molecule has 35 heavy (non-hydrogen) atoms. The largest absolute Gasteiger partial charge is 0.478 e. The maximum atomic E-state index is 13.0. The molecule has 3 aromatic carbocycles. The molecule has 0 radical (unpaired) electrons. The minimum atomic E-state index is -1.11. The van der Waals surface area contributed by atoms with Gasteiger partial charge in [-0.2, -0.15) is 0 Å². The highest BCUT2D eigenvalue weighted by Gasteiger charge is 2.30. The van der Waals surface area contributed by atoms with Gasteiger partial charge in [-0.25, -0.2) is 9.59 Å². The van der Waals surface area contributed by atoms with E-state index in [0.717, 1.165) is 22.3 Å². The summed E-state index contributed by atoms with van der Waals surface area (Å²) in [4.78, 5) is 36.9. The first-order valence-electron chi connectivity index (χ1n) is 11.2. The minimum absolute atomic E-state index is 0.0362. The Hall–Kier alpha value is -3.65. The van der Waals surface area contributed by atoms with Crippen LogP contribution in [0.4, 0.5) is 10.5 Å². The number of halogens is 1. The quantitative estimate of drug-likeness (QED) is 0.362. The second kappa shape index (κ2) is 10.3. The summed E-state index contributed by atoms with van der Waals surface area (Å²) in [6.07, 6.45) is -0.695. The summed E-state index contributed by atoms with van der Waals surface area (Å²) < 4.78 is 6.11. The third-order valence-electron chi connectivity index (χ3n) is 6.04. The van der Waals surface area contributed by atoms with E-state index in [9.17, 15) is 19.5 Å². The summed E-state index contributed by atoms with van der Waals surface area (Å²) in [6.45, 7) is 3.74. The van der Waals surface area contributed by atoms with E-state index >= 15 is 0 Å². The molecule has 8 heteroatoms. The fourth-order valence-corrected chi connectivity index (χ4v) is 4.61. The molecule has 0 aliphatic heterocycles. The van der Waals surface area contributed by atoms with Gasteiger partial charge in [0, 0.05) is 10.4 Å². The van der Waals surface area contributed by atoms with Crippen molar-refractivity contribution in [2.24, 2.45) is 5.92 Å². The lowest BCUT2D eigenvalue weighted by atomic mass is 9.98. The van der Waals surface area contributed by atoms with Crippen LogP contribution in [0.5, 0.6) is 0 Å². The molecule has 3 aromatic rings. The predicted molar refractivity (Wildman–Crippen MR) is 137 cm³/mol. The molecule has 1 atom stereocenters. The van der Waals surface area contributed by atoms with E-state index in [4.69, 9.17) is 4.74 Å². The van der Waals surface area contributed by atoms with Crippen LogP contribution in [-0.2, 0) is 9.53 Å². The van der Waals surface area contributed by atoms with Gasteiger partial charge in [-0.05, 0) is 62.3 Å². The van der Waals surface area contributed by atoms with E-state index < -0.39 is 24.0 Å². The van der Waals surface area contributed by atoms with Gasteiger partial charge in [-0.1, -0.05) is 62.4 Å². The molecule has 0 aromatic heterocycles. The van der Waals surface area contributed by atoms with Gasteiger partial charge in [0.2, 0.25) is 5.91 Å². The molecule has 0 saturated heterocycles. The summed E-state index contributed by atoms with van der Waals surface area (Å²) in [5.74, 6) is -1.91. The van der Waals surface area contributed by atoms with Gasteiger partial charge in [0.1, 0.15) is 12.6 Å². The Bertz CT molecular complexity index is 1240. The molecule has 0 heterocycles. The maximum Gasteiger partial charge on any atom is 0.407 e. The lowest BCUT2D eigenvalue weighted by Crippen LogP contribution is -2.47. The summed E-state index contributed by atoms with van der Waals surface area (Å²) >= 11 is 3.31. The number of anilines is 1. The number of alkyl carbamates (subject to hydrolysis) is 1. The Kier molecular flexibility index (Phi) is 7.21. The minimum Gasteiger partial charge on any atom is -0.478 e. The van der Waals surface area contributed by atoms with Crippen LogP contribution in [0.2, 0.25) is 0 Å². The number of nitrogens with one attached hydrogen (secondary N) is 2. The Morgan fingerprint density at radius 3 is 2.14 bits per heavy atom. The lowest BCUT2D eigenvalue weighted by Gasteiger charge is -2.22. The van der Waals surface area contributed by atoms with Crippen molar-refractivity contribution in [3.63, 3.8) is 0 Å². The third-order valence-corrected chi connectivity index (χ3v) is 6.73. The van der Waals surface area contributed by atoms with Crippen molar-refractivity contribution in [1.29, 1.82) is 0 Å². The van der Waals surface area contributed by atoms with E-state index in [1.165, 1.54) is 12.1 Å². The zero-order valence-corrected chi connectivity index (χ0v) is 20.8. The molecule has 0 spiro atoms. The Balaban J connectivity index is 1.43. The van der Waals surface area contributed by atoms with Crippen LogP contribution in [-0.4, -0.2) is 35.7 Å². The van der Waals surface area contributed by atoms with Crippen LogP contribution in [0.25, 0.3) is 11.1 Å². The van der Waals surface area contributed by atoms with Gasteiger partial charge in [-0.15, -0.1) is 0 Å². The van der Waals surface area contributed by atoms with Crippen LogP contribution in [0.15, 0.2) is 71.2 Å². The summed E-state index contributed by atoms with van der Waals surface area (Å²) in [6, 6.07) is 19.5. The average molecular weight is 537 g/mol. The van der Waals surface area contributed by atoms with Crippen molar-refractivity contribution in [3.05, 3.63) is 87.9 Å². The molecular weight excluding hydrogens is 512 g/mol. The topological polar surface area (TPSA) is 105 Å². The van der Waals surface area contributed by atoms with Gasteiger partial charge in [-0.3, -0.25) is 4.79 Å². The maximum absolute atomic E-state index is 13.0. The van der Waals surface area contributed by atoms with E-state index in [2.05, 4.69) is 38.7 Å². The van der Waals surface area contributed by atoms with E-state index in [-0.39, 0.29) is 24.0 Å². The molecule has 2 amide bonds.